The van der Waals surface area contributed by atoms with Gasteiger partial charge in [0, 0.05) is 25.0 Å². The van der Waals surface area contributed by atoms with Crippen LogP contribution in [-0.2, 0) is 9.59 Å². The van der Waals surface area contributed by atoms with Crippen LogP contribution in [0.4, 0.5) is 0 Å². The van der Waals surface area contributed by atoms with Crippen LogP contribution >= 0.6 is 11.6 Å². The summed E-state index contributed by atoms with van der Waals surface area (Å²) >= 11 is 6.19. The highest BCUT2D eigenvalue weighted by atomic mass is 35.5. The number of halogens is 1. The van der Waals surface area contributed by atoms with Crippen LogP contribution in [0.2, 0.25) is 5.02 Å². The van der Waals surface area contributed by atoms with Crippen LogP contribution in [0.5, 0.6) is 0 Å². The number of nitrogens with zero attached hydrogens (tertiary/aromatic N) is 1. The minimum Gasteiger partial charge on any atom is -0.352 e. The molecule has 0 unspecified atom stereocenters. The number of hydrogen-bond donors (Lipinski definition) is 2. The molecule has 1 saturated carbocycles. The second-order valence-electron chi connectivity index (χ2n) is 8.89. The van der Waals surface area contributed by atoms with Gasteiger partial charge < -0.3 is 15.5 Å². The summed E-state index contributed by atoms with van der Waals surface area (Å²) in [4.78, 5) is 40.6. The number of benzene rings is 1. The number of nitrogens with one attached hydrogen (secondary N) is 2. The first-order valence-electron chi connectivity index (χ1n) is 11.5. The van der Waals surface area contributed by atoms with E-state index in [9.17, 15) is 14.4 Å². The number of rotatable bonds is 7. The number of carbonyl (C=O) groups excluding carboxylic acids is 3. The van der Waals surface area contributed by atoms with Gasteiger partial charge in [-0.3, -0.25) is 14.4 Å². The molecule has 2 aliphatic rings. The summed E-state index contributed by atoms with van der Waals surface area (Å²) in [6.07, 6.45) is 6.46. The Balaban J connectivity index is 1.68. The Morgan fingerprint density at radius 1 is 1.06 bits per heavy atom. The summed E-state index contributed by atoms with van der Waals surface area (Å²) in [7, 11) is 0. The molecular formula is C24H34ClN3O3. The first kappa shape index (κ1) is 23.6. The Labute approximate surface area is 190 Å². The molecule has 2 atom stereocenters. The van der Waals surface area contributed by atoms with E-state index < -0.39 is 6.04 Å². The largest absolute Gasteiger partial charge is 0.352 e. The van der Waals surface area contributed by atoms with Crippen molar-refractivity contribution in [2.45, 2.75) is 70.9 Å². The molecule has 0 radical (unpaired) electrons. The summed E-state index contributed by atoms with van der Waals surface area (Å²) in [6, 6.07) is 6.21. The number of carbonyl (C=O) groups is 3. The average Bonchev–Trinajstić information content (AvgIpc) is 3.32. The lowest BCUT2D eigenvalue weighted by Crippen LogP contribution is -2.55. The Morgan fingerprint density at radius 2 is 1.71 bits per heavy atom. The van der Waals surface area contributed by atoms with E-state index in [2.05, 4.69) is 10.6 Å². The highest BCUT2D eigenvalue weighted by Gasteiger charge is 2.36. The second-order valence-corrected chi connectivity index (χ2v) is 9.30. The summed E-state index contributed by atoms with van der Waals surface area (Å²) in [5, 5.41) is 6.30. The maximum Gasteiger partial charge on any atom is 0.253 e. The number of piperidine rings is 1. The fourth-order valence-corrected chi connectivity index (χ4v) is 4.80. The molecule has 1 aromatic carbocycles. The lowest BCUT2D eigenvalue weighted by molar-refractivity contribution is -0.137. The molecule has 31 heavy (non-hydrogen) atoms. The number of likely N-dealkylation sites (tertiary alicyclic amines) is 1. The molecule has 3 rings (SSSR count). The molecule has 0 bridgehead atoms. The Bertz CT molecular complexity index is 786. The molecule has 6 nitrogen and oxygen atoms in total. The van der Waals surface area contributed by atoms with Crippen LogP contribution in [-0.4, -0.2) is 47.8 Å². The molecule has 1 aromatic rings. The molecule has 2 N–H and O–H groups in total. The molecule has 2 fully saturated rings. The summed E-state index contributed by atoms with van der Waals surface area (Å²) in [5.74, 6) is -0.115. The van der Waals surface area contributed by atoms with Gasteiger partial charge in [0.1, 0.15) is 6.04 Å². The number of hydrogen-bond acceptors (Lipinski definition) is 3. The topological polar surface area (TPSA) is 78.5 Å². The Morgan fingerprint density at radius 3 is 2.32 bits per heavy atom. The van der Waals surface area contributed by atoms with E-state index in [0.717, 1.165) is 32.1 Å². The molecule has 170 valence electrons. The monoisotopic (exact) mass is 447 g/mol. The third-order valence-corrected chi connectivity index (χ3v) is 7.05. The van der Waals surface area contributed by atoms with Crippen molar-refractivity contribution in [3.05, 3.63) is 34.9 Å². The molecule has 0 aromatic heterocycles. The smallest absolute Gasteiger partial charge is 0.253 e. The highest BCUT2D eigenvalue weighted by Crippen LogP contribution is 2.29. The predicted octanol–water partition coefficient (Wildman–Crippen LogP) is 3.78. The third-order valence-electron chi connectivity index (χ3n) is 6.72. The lowest BCUT2D eigenvalue weighted by Gasteiger charge is -2.37. The van der Waals surface area contributed by atoms with Gasteiger partial charge in [-0.1, -0.05) is 43.5 Å². The fourth-order valence-electron chi connectivity index (χ4n) is 4.58. The van der Waals surface area contributed by atoms with Crippen molar-refractivity contribution in [2.24, 2.45) is 11.8 Å². The summed E-state index contributed by atoms with van der Waals surface area (Å²) in [6.45, 7) is 5.23. The molecule has 1 heterocycles. The zero-order valence-electron chi connectivity index (χ0n) is 18.5. The van der Waals surface area contributed by atoms with E-state index in [-0.39, 0.29) is 35.6 Å². The summed E-state index contributed by atoms with van der Waals surface area (Å²) in [5.41, 5.74) is 0.361. The molecule has 1 aliphatic carbocycles. The second kappa shape index (κ2) is 11.0. The van der Waals surface area contributed by atoms with Gasteiger partial charge in [-0.2, -0.15) is 0 Å². The molecule has 1 saturated heterocycles. The summed E-state index contributed by atoms with van der Waals surface area (Å²) < 4.78 is 0. The quantitative estimate of drug-likeness (QED) is 0.667. The lowest BCUT2D eigenvalue weighted by atomic mass is 9.87. The van der Waals surface area contributed by atoms with Gasteiger partial charge in [0.2, 0.25) is 11.8 Å². The van der Waals surface area contributed by atoms with Crippen LogP contribution in [0.25, 0.3) is 0 Å². The maximum atomic E-state index is 13.0. The number of amides is 3. The molecular weight excluding hydrogens is 414 g/mol. The van der Waals surface area contributed by atoms with E-state index in [1.165, 1.54) is 0 Å². The van der Waals surface area contributed by atoms with Crippen molar-refractivity contribution in [1.82, 2.24) is 15.5 Å². The Hall–Kier alpha value is -2.08. The predicted molar refractivity (Wildman–Crippen MR) is 122 cm³/mol. The van der Waals surface area contributed by atoms with E-state index in [1.54, 1.807) is 24.3 Å². The zero-order valence-corrected chi connectivity index (χ0v) is 19.3. The van der Waals surface area contributed by atoms with Gasteiger partial charge in [-0.05, 0) is 57.1 Å². The van der Waals surface area contributed by atoms with Crippen molar-refractivity contribution < 1.29 is 14.4 Å². The van der Waals surface area contributed by atoms with Crippen LogP contribution in [0.1, 0.15) is 69.2 Å². The van der Waals surface area contributed by atoms with Gasteiger partial charge in [0.25, 0.3) is 5.91 Å². The van der Waals surface area contributed by atoms with Crippen LogP contribution in [0.15, 0.2) is 24.3 Å². The van der Waals surface area contributed by atoms with Crippen molar-refractivity contribution >= 4 is 29.3 Å². The first-order chi connectivity index (χ1) is 14.9. The van der Waals surface area contributed by atoms with Crippen molar-refractivity contribution in [3.8, 4) is 0 Å². The standard InChI is InChI=1S/C24H34ClN3O3/c1-3-16(2)26-23(30)21(27-22(29)19-10-6-7-11-20(19)25)17-12-14-28(15-13-17)24(31)18-8-4-5-9-18/h6-7,10-11,16-18,21H,3-5,8-9,12-15H2,1-2H3,(H,26,30)(H,27,29)/t16-,21+/m0/s1. The minimum atomic E-state index is -0.651. The first-order valence-corrected chi connectivity index (χ1v) is 11.9. The minimum absolute atomic E-state index is 0.0243. The van der Waals surface area contributed by atoms with Gasteiger partial charge >= 0.3 is 0 Å². The highest BCUT2D eigenvalue weighted by molar-refractivity contribution is 6.33. The van der Waals surface area contributed by atoms with Gasteiger partial charge in [0.05, 0.1) is 10.6 Å². The SMILES string of the molecule is CC[C@H](C)NC(=O)[C@H](NC(=O)c1ccccc1Cl)C1CCN(C(=O)C2CCCC2)CC1. The van der Waals surface area contributed by atoms with E-state index in [0.29, 0.717) is 36.5 Å². The van der Waals surface area contributed by atoms with Crippen molar-refractivity contribution in [1.29, 1.82) is 0 Å². The third kappa shape index (κ3) is 6.00. The van der Waals surface area contributed by atoms with E-state index in [4.69, 9.17) is 11.6 Å². The van der Waals surface area contributed by atoms with E-state index in [1.807, 2.05) is 18.7 Å². The Kier molecular flexibility index (Phi) is 8.35. The van der Waals surface area contributed by atoms with Crippen LogP contribution in [0, 0.1) is 11.8 Å². The normalized spacial score (nSPS) is 19.6. The molecule has 7 heteroatoms. The molecule has 0 spiro atoms. The average molecular weight is 448 g/mol. The fraction of sp³-hybridized carbons (Fsp3) is 0.625. The maximum absolute atomic E-state index is 13.0. The molecule has 3 amide bonds. The van der Waals surface area contributed by atoms with Crippen LogP contribution in [0.3, 0.4) is 0 Å². The van der Waals surface area contributed by atoms with Crippen LogP contribution < -0.4 is 10.6 Å². The van der Waals surface area contributed by atoms with E-state index >= 15 is 0 Å². The van der Waals surface area contributed by atoms with Gasteiger partial charge in [0.15, 0.2) is 0 Å². The van der Waals surface area contributed by atoms with Crippen molar-refractivity contribution in [3.63, 3.8) is 0 Å². The van der Waals surface area contributed by atoms with Crippen molar-refractivity contribution in [2.75, 3.05) is 13.1 Å². The van der Waals surface area contributed by atoms with Gasteiger partial charge in [-0.25, -0.2) is 0 Å². The van der Waals surface area contributed by atoms with Gasteiger partial charge in [-0.15, -0.1) is 0 Å². The molecule has 1 aliphatic heterocycles. The zero-order chi connectivity index (χ0) is 22.4.